The van der Waals surface area contributed by atoms with Crippen LogP contribution in [0.2, 0.25) is 0 Å². The molecule has 1 rings (SSSR count). The van der Waals surface area contributed by atoms with Gasteiger partial charge < -0.3 is 19.5 Å². The van der Waals surface area contributed by atoms with Crippen molar-refractivity contribution in [3.8, 4) is 0 Å². The number of anilines is 2. The van der Waals surface area contributed by atoms with Gasteiger partial charge in [-0.2, -0.15) is 0 Å². The Labute approximate surface area is 157 Å². The third-order valence-corrected chi connectivity index (χ3v) is 2.80. The average Bonchev–Trinajstić information content (AvgIpc) is 2.55. The van der Waals surface area contributed by atoms with Gasteiger partial charge in [0, 0.05) is 22.8 Å². The summed E-state index contributed by atoms with van der Waals surface area (Å²) in [6.45, 7) is 6.27. The highest BCUT2D eigenvalue weighted by Gasteiger charge is 2.16. The summed E-state index contributed by atoms with van der Waals surface area (Å²) in [4.78, 5) is 26.2. The second-order valence-electron chi connectivity index (χ2n) is 6.38. The number of nitrogens with one attached hydrogen (secondary N) is 2. The molecule has 1 aromatic rings. The van der Waals surface area contributed by atoms with Crippen molar-refractivity contribution in [2.45, 2.75) is 26.4 Å². The first kappa shape index (κ1) is 22.2. The Hall–Kier alpha value is -2.81. The molecule has 0 heterocycles. The maximum atomic E-state index is 11.9. The fourth-order valence-corrected chi connectivity index (χ4v) is 1.83. The summed E-state index contributed by atoms with van der Waals surface area (Å²) in [5.41, 5.74) is 8.52. The zero-order valence-electron chi connectivity index (χ0n) is 15.7. The lowest BCUT2D eigenvalue weighted by Gasteiger charge is -2.19. The molecule has 2 amide bonds. The Bertz CT molecular complexity index is 668. The number of carbonyl (C=O) groups excluding carboxylic acids is 2. The highest BCUT2D eigenvalue weighted by Crippen LogP contribution is 2.16. The van der Waals surface area contributed by atoms with E-state index in [1.165, 1.54) is 0 Å². The van der Waals surface area contributed by atoms with Crippen molar-refractivity contribution < 1.29 is 23.8 Å². The number of ether oxygens (including phenoxy) is 3. The molecule has 0 atom stereocenters. The molecule has 1 aromatic carbocycles. The Morgan fingerprint density at radius 2 is 1.78 bits per heavy atom. The zero-order valence-corrected chi connectivity index (χ0v) is 15.7. The molecule has 0 bridgehead atoms. The van der Waals surface area contributed by atoms with Crippen molar-refractivity contribution in [1.29, 1.82) is 0 Å². The van der Waals surface area contributed by atoms with Crippen molar-refractivity contribution in [3.63, 3.8) is 0 Å². The van der Waals surface area contributed by atoms with Crippen molar-refractivity contribution in [2.75, 3.05) is 43.6 Å². The van der Waals surface area contributed by atoms with Crippen LogP contribution in [0.1, 0.15) is 20.8 Å². The van der Waals surface area contributed by atoms with Crippen molar-refractivity contribution in [1.82, 2.24) is 0 Å². The first-order valence-corrected chi connectivity index (χ1v) is 8.36. The SMILES string of the molecule is CC(C)(C)OC(=O)Nc1cccc(NC(=O)COCCOCCN=[N+]=[N-])c1. The van der Waals surface area contributed by atoms with E-state index >= 15 is 0 Å². The van der Waals surface area contributed by atoms with E-state index in [9.17, 15) is 9.59 Å². The Morgan fingerprint density at radius 3 is 2.44 bits per heavy atom. The molecule has 0 fully saturated rings. The molecule has 0 saturated carbocycles. The minimum Gasteiger partial charge on any atom is -0.444 e. The van der Waals surface area contributed by atoms with E-state index in [4.69, 9.17) is 19.7 Å². The first-order valence-electron chi connectivity index (χ1n) is 8.36. The lowest BCUT2D eigenvalue weighted by molar-refractivity contribution is -0.121. The number of benzene rings is 1. The summed E-state index contributed by atoms with van der Waals surface area (Å²) in [6, 6.07) is 6.68. The minimum absolute atomic E-state index is 0.135. The molecule has 0 radical (unpaired) electrons. The maximum Gasteiger partial charge on any atom is 0.412 e. The second-order valence-corrected chi connectivity index (χ2v) is 6.38. The number of carbonyl (C=O) groups is 2. The number of hydrogen-bond donors (Lipinski definition) is 2. The molecule has 10 heteroatoms. The van der Waals surface area contributed by atoms with Crippen molar-refractivity contribution in [2.24, 2.45) is 5.11 Å². The maximum absolute atomic E-state index is 11.9. The van der Waals surface area contributed by atoms with Gasteiger partial charge in [0.05, 0.1) is 19.8 Å². The van der Waals surface area contributed by atoms with Crippen LogP contribution in [0.15, 0.2) is 29.4 Å². The Kier molecular flexibility index (Phi) is 9.66. The predicted molar refractivity (Wildman–Crippen MR) is 101 cm³/mol. The van der Waals surface area contributed by atoms with Gasteiger partial charge in [-0.3, -0.25) is 10.1 Å². The summed E-state index contributed by atoms with van der Waals surface area (Å²) in [5.74, 6) is -0.335. The van der Waals surface area contributed by atoms with Crippen LogP contribution in [0.25, 0.3) is 10.4 Å². The Balaban J connectivity index is 2.32. The van der Waals surface area contributed by atoms with Crippen LogP contribution in [-0.2, 0) is 19.0 Å². The van der Waals surface area contributed by atoms with E-state index in [0.29, 0.717) is 24.6 Å². The fraction of sp³-hybridized carbons (Fsp3) is 0.529. The molecule has 27 heavy (non-hydrogen) atoms. The van der Waals surface area contributed by atoms with Crippen LogP contribution in [-0.4, -0.2) is 50.6 Å². The average molecular weight is 379 g/mol. The molecule has 148 valence electrons. The number of rotatable bonds is 10. The van der Waals surface area contributed by atoms with Gasteiger partial charge in [-0.05, 0) is 44.5 Å². The summed E-state index contributed by atoms with van der Waals surface area (Å²) in [5, 5.41) is 8.60. The van der Waals surface area contributed by atoms with Crippen LogP contribution in [0.4, 0.5) is 16.2 Å². The largest absolute Gasteiger partial charge is 0.444 e. The molecular weight excluding hydrogens is 354 g/mol. The second kappa shape index (κ2) is 11.7. The predicted octanol–water partition coefficient (Wildman–Crippen LogP) is 3.32. The molecule has 0 spiro atoms. The van der Waals surface area contributed by atoms with E-state index in [-0.39, 0.29) is 25.7 Å². The van der Waals surface area contributed by atoms with Gasteiger partial charge in [0.1, 0.15) is 12.2 Å². The zero-order chi connectivity index (χ0) is 20.1. The van der Waals surface area contributed by atoms with Gasteiger partial charge in [0.25, 0.3) is 0 Å². The normalized spacial score (nSPS) is 10.6. The third kappa shape index (κ3) is 11.4. The Morgan fingerprint density at radius 1 is 1.11 bits per heavy atom. The highest BCUT2D eigenvalue weighted by molar-refractivity contribution is 5.93. The van der Waals surface area contributed by atoms with E-state index in [1.807, 2.05) is 0 Å². The van der Waals surface area contributed by atoms with Crippen LogP contribution < -0.4 is 10.6 Å². The van der Waals surface area contributed by atoms with Crippen molar-refractivity contribution in [3.05, 3.63) is 34.7 Å². The van der Waals surface area contributed by atoms with Gasteiger partial charge in [0.2, 0.25) is 5.91 Å². The molecule has 0 aliphatic carbocycles. The lowest BCUT2D eigenvalue weighted by Crippen LogP contribution is -2.27. The van der Waals surface area contributed by atoms with Gasteiger partial charge >= 0.3 is 6.09 Å². The smallest absolute Gasteiger partial charge is 0.412 e. The van der Waals surface area contributed by atoms with Gasteiger partial charge in [-0.1, -0.05) is 11.2 Å². The fourth-order valence-electron chi connectivity index (χ4n) is 1.83. The topological polar surface area (TPSA) is 135 Å². The lowest BCUT2D eigenvalue weighted by atomic mass is 10.2. The number of hydrogen-bond acceptors (Lipinski definition) is 6. The van der Waals surface area contributed by atoms with Gasteiger partial charge in [-0.15, -0.1) is 0 Å². The molecule has 0 aliphatic rings. The van der Waals surface area contributed by atoms with Crippen LogP contribution in [0.3, 0.4) is 0 Å². The van der Waals surface area contributed by atoms with Crippen LogP contribution in [0.5, 0.6) is 0 Å². The molecule has 0 saturated heterocycles. The number of amides is 2. The summed E-state index contributed by atoms with van der Waals surface area (Å²) >= 11 is 0. The van der Waals surface area contributed by atoms with Gasteiger partial charge in [-0.25, -0.2) is 4.79 Å². The number of azide groups is 1. The number of nitrogens with zero attached hydrogens (tertiary/aromatic N) is 3. The highest BCUT2D eigenvalue weighted by atomic mass is 16.6. The van der Waals surface area contributed by atoms with E-state index in [1.54, 1.807) is 45.0 Å². The summed E-state index contributed by atoms with van der Waals surface area (Å²) < 4.78 is 15.5. The molecule has 0 unspecified atom stereocenters. The molecule has 0 aromatic heterocycles. The first-order chi connectivity index (χ1) is 12.8. The summed E-state index contributed by atoms with van der Waals surface area (Å²) in [6.07, 6.45) is -0.574. The standard InChI is InChI=1S/C17H25N5O5/c1-17(2,3)27-16(24)21-14-6-4-5-13(11-14)20-15(23)12-26-10-9-25-8-7-19-22-18/h4-6,11H,7-10,12H2,1-3H3,(H,20,23)(H,21,24). The molecular formula is C17H25N5O5. The summed E-state index contributed by atoms with van der Waals surface area (Å²) in [7, 11) is 0. The molecule has 2 N–H and O–H groups in total. The quantitative estimate of drug-likeness (QED) is 0.278. The molecule has 10 nitrogen and oxygen atoms in total. The molecule has 0 aliphatic heterocycles. The van der Waals surface area contributed by atoms with Crippen LogP contribution in [0, 0.1) is 0 Å². The van der Waals surface area contributed by atoms with Crippen molar-refractivity contribution >= 4 is 23.4 Å². The minimum atomic E-state index is -0.597. The van der Waals surface area contributed by atoms with E-state index in [0.717, 1.165) is 0 Å². The monoisotopic (exact) mass is 379 g/mol. The van der Waals surface area contributed by atoms with E-state index < -0.39 is 11.7 Å². The van der Waals surface area contributed by atoms with Crippen LogP contribution >= 0.6 is 0 Å². The van der Waals surface area contributed by atoms with Gasteiger partial charge in [0.15, 0.2) is 0 Å². The van der Waals surface area contributed by atoms with E-state index in [2.05, 4.69) is 20.7 Å². The third-order valence-electron chi connectivity index (χ3n) is 2.80.